The second kappa shape index (κ2) is 4.49. The lowest BCUT2D eigenvalue weighted by Gasteiger charge is -2.43. The normalized spacial score (nSPS) is 24.7. The first-order valence-electron chi connectivity index (χ1n) is 5.51. The highest BCUT2D eigenvalue weighted by molar-refractivity contribution is 5.80. The zero-order chi connectivity index (χ0) is 11.6. The summed E-state index contributed by atoms with van der Waals surface area (Å²) < 4.78 is 5.38. The van der Waals surface area contributed by atoms with Crippen molar-refractivity contribution in [2.75, 3.05) is 19.8 Å². The minimum atomic E-state index is -0.210. The molecule has 0 radical (unpaired) electrons. The average molecular weight is 214 g/mol. The number of hydrogen-bond donors (Lipinski definition) is 1. The molecule has 0 aliphatic carbocycles. The van der Waals surface area contributed by atoms with Crippen molar-refractivity contribution in [1.82, 2.24) is 4.90 Å². The number of rotatable bonds is 2. The molecule has 0 aromatic rings. The van der Waals surface area contributed by atoms with Gasteiger partial charge in [-0.3, -0.25) is 4.79 Å². The number of nitrogens with two attached hydrogens (primary N) is 1. The zero-order valence-corrected chi connectivity index (χ0v) is 10.1. The second-order valence-corrected chi connectivity index (χ2v) is 5.00. The van der Waals surface area contributed by atoms with Crippen LogP contribution in [0.4, 0.5) is 0 Å². The van der Waals surface area contributed by atoms with Gasteiger partial charge in [0.25, 0.3) is 0 Å². The van der Waals surface area contributed by atoms with Crippen LogP contribution in [-0.2, 0) is 9.53 Å². The van der Waals surface area contributed by atoms with Gasteiger partial charge in [-0.2, -0.15) is 0 Å². The standard InChI is InChI=1S/C11H22N2O2/c1-8(9(2)12)10(14)13-5-6-15-7-11(13,3)4/h8-9H,5-7,12H2,1-4H3. The van der Waals surface area contributed by atoms with E-state index >= 15 is 0 Å². The van der Waals surface area contributed by atoms with E-state index in [4.69, 9.17) is 10.5 Å². The third-order valence-electron chi connectivity index (χ3n) is 3.09. The van der Waals surface area contributed by atoms with E-state index in [2.05, 4.69) is 0 Å². The van der Waals surface area contributed by atoms with E-state index in [0.29, 0.717) is 19.8 Å². The molecule has 88 valence electrons. The highest BCUT2D eigenvalue weighted by Crippen LogP contribution is 2.21. The van der Waals surface area contributed by atoms with Crippen LogP contribution in [-0.4, -0.2) is 42.1 Å². The van der Waals surface area contributed by atoms with Gasteiger partial charge in [0.2, 0.25) is 5.91 Å². The lowest BCUT2D eigenvalue weighted by Crippen LogP contribution is -2.58. The molecule has 1 fully saturated rings. The van der Waals surface area contributed by atoms with Crippen molar-refractivity contribution in [2.24, 2.45) is 11.7 Å². The summed E-state index contributed by atoms with van der Waals surface area (Å²) in [4.78, 5) is 14.0. The van der Waals surface area contributed by atoms with Crippen molar-refractivity contribution in [3.63, 3.8) is 0 Å². The average Bonchev–Trinajstić information content (AvgIpc) is 2.15. The third-order valence-corrected chi connectivity index (χ3v) is 3.09. The van der Waals surface area contributed by atoms with E-state index in [1.807, 2.05) is 32.6 Å². The fourth-order valence-electron chi connectivity index (χ4n) is 1.74. The van der Waals surface area contributed by atoms with Gasteiger partial charge in [-0.1, -0.05) is 6.92 Å². The van der Waals surface area contributed by atoms with Gasteiger partial charge in [0, 0.05) is 12.6 Å². The summed E-state index contributed by atoms with van der Waals surface area (Å²) in [7, 11) is 0. The predicted molar refractivity (Wildman–Crippen MR) is 59.4 cm³/mol. The van der Waals surface area contributed by atoms with Crippen LogP contribution in [0, 0.1) is 5.92 Å². The van der Waals surface area contributed by atoms with Gasteiger partial charge in [0.05, 0.1) is 24.7 Å². The highest BCUT2D eigenvalue weighted by atomic mass is 16.5. The van der Waals surface area contributed by atoms with E-state index in [0.717, 1.165) is 0 Å². The fraction of sp³-hybridized carbons (Fsp3) is 0.909. The molecule has 1 saturated heterocycles. The van der Waals surface area contributed by atoms with Gasteiger partial charge < -0.3 is 15.4 Å². The molecule has 2 unspecified atom stereocenters. The first kappa shape index (κ1) is 12.5. The molecule has 1 aliphatic heterocycles. The topological polar surface area (TPSA) is 55.6 Å². The molecule has 15 heavy (non-hydrogen) atoms. The number of morpholine rings is 1. The Morgan fingerprint density at radius 3 is 2.53 bits per heavy atom. The molecule has 1 amide bonds. The maximum Gasteiger partial charge on any atom is 0.227 e. The minimum absolute atomic E-state index is 0.101. The SMILES string of the molecule is CC(N)C(C)C(=O)N1CCOCC1(C)C. The summed E-state index contributed by atoms with van der Waals surface area (Å²) in [6, 6.07) is -0.101. The van der Waals surface area contributed by atoms with Gasteiger partial charge in [-0.25, -0.2) is 0 Å². The fourth-order valence-corrected chi connectivity index (χ4v) is 1.74. The number of amides is 1. The minimum Gasteiger partial charge on any atom is -0.377 e. The molecule has 4 heteroatoms. The molecule has 2 N–H and O–H groups in total. The monoisotopic (exact) mass is 214 g/mol. The van der Waals surface area contributed by atoms with Crippen LogP contribution in [0.25, 0.3) is 0 Å². The van der Waals surface area contributed by atoms with Crippen LogP contribution in [0.2, 0.25) is 0 Å². The number of carbonyl (C=O) groups excluding carboxylic acids is 1. The molecule has 0 aromatic carbocycles. The lowest BCUT2D eigenvalue weighted by molar-refractivity contribution is -0.150. The Bertz CT molecular complexity index is 239. The van der Waals surface area contributed by atoms with E-state index < -0.39 is 0 Å². The summed E-state index contributed by atoms with van der Waals surface area (Å²) in [5.74, 6) is 0.0145. The van der Waals surface area contributed by atoms with E-state index in [-0.39, 0.29) is 23.4 Å². The number of nitrogens with zero attached hydrogens (tertiary/aromatic N) is 1. The number of ether oxygens (including phenoxy) is 1. The van der Waals surface area contributed by atoms with Crippen LogP contribution in [0.1, 0.15) is 27.7 Å². The summed E-state index contributed by atoms with van der Waals surface area (Å²) in [6.07, 6.45) is 0. The predicted octanol–water partition coefficient (Wildman–Crippen LogP) is 0.607. The lowest BCUT2D eigenvalue weighted by atomic mass is 9.96. The Morgan fingerprint density at radius 2 is 2.07 bits per heavy atom. The van der Waals surface area contributed by atoms with Crippen molar-refractivity contribution < 1.29 is 9.53 Å². The molecule has 1 rings (SSSR count). The smallest absolute Gasteiger partial charge is 0.227 e. The summed E-state index contributed by atoms with van der Waals surface area (Å²) in [6.45, 7) is 9.71. The molecule has 0 bridgehead atoms. The largest absolute Gasteiger partial charge is 0.377 e. The summed E-state index contributed by atoms with van der Waals surface area (Å²) in [5.41, 5.74) is 5.54. The molecule has 0 spiro atoms. The Labute approximate surface area is 91.8 Å². The maximum absolute atomic E-state index is 12.1. The molecular weight excluding hydrogens is 192 g/mol. The molecule has 1 aliphatic rings. The molecule has 0 saturated carbocycles. The first-order valence-corrected chi connectivity index (χ1v) is 5.51. The van der Waals surface area contributed by atoms with E-state index in [1.165, 1.54) is 0 Å². The Morgan fingerprint density at radius 1 is 1.47 bits per heavy atom. The van der Waals surface area contributed by atoms with Crippen molar-refractivity contribution in [3.8, 4) is 0 Å². The van der Waals surface area contributed by atoms with Crippen LogP contribution in [0.3, 0.4) is 0 Å². The molecule has 2 atom stereocenters. The second-order valence-electron chi connectivity index (χ2n) is 5.00. The zero-order valence-electron chi connectivity index (χ0n) is 10.1. The number of hydrogen-bond acceptors (Lipinski definition) is 3. The molecule has 4 nitrogen and oxygen atoms in total. The molecular formula is C11H22N2O2. The number of carbonyl (C=O) groups is 1. The molecule has 0 aromatic heterocycles. The summed E-state index contributed by atoms with van der Waals surface area (Å²) in [5, 5.41) is 0. The van der Waals surface area contributed by atoms with Gasteiger partial charge in [-0.05, 0) is 20.8 Å². The van der Waals surface area contributed by atoms with E-state index in [1.54, 1.807) is 0 Å². The third kappa shape index (κ3) is 2.69. The Kier molecular flexibility index (Phi) is 3.73. The van der Waals surface area contributed by atoms with Crippen molar-refractivity contribution in [1.29, 1.82) is 0 Å². The summed E-state index contributed by atoms with van der Waals surface area (Å²) >= 11 is 0. The van der Waals surface area contributed by atoms with Crippen LogP contribution < -0.4 is 5.73 Å². The van der Waals surface area contributed by atoms with Gasteiger partial charge in [-0.15, -0.1) is 0 Å². The van der Waals surface area contributed by atoms with Crippen molar-refractivity contribution in [2.45, 2.75) is 39.3 Å². The van der Waals surface area contributed by atoms with Crippen LogP contribution >= 0.6 is 0 Å². The van der Waals surface area contributed by atoms with E-state index in [9.17, 15) is 4.79 Å². The highest BCUT2D eigenvalue weighted by Gasteiger charge is 2.36. The Hall–Kier alpha value is -0.610. The van der Waals surface area contributed by atoms with Crippen molar-refractivity contribution in [3.05, 3.63) is 0 Å². The van der Waals surface area contributed by atoms with Gasteiger partial charge >= 0.3 is 0 Å². The van der Waals surface area contributed by atoms with Gasteiger partial charge in [0.15, 0.2) is 0 Å². The van der Waals surface area contributed by atoms with Gasteiger partial charge in [0.1, 0.15) is 0 Å². The quantitative estimate of drug-likeness (QED) is 0.732. The first-order chi connectivity index (χ1) is 6.86. The van der Waals surface area contributed by atoms with Crippen LogP contribution in [0.15, 0.2) is 0 Å². The molecule has 1 heterocycles. The van der Waals surface area contributed by atoms with Crippen LogP contribution in [0.5, 0.6) is 0 Å². The Balaban J connectivity index is 2.73. The van der Waals surface area contributed by atoms with Crippen molar-refractivity contribution >= 4 is 5.91 Å². The maximum atomic E-state index is 12.1.